The molecule has 1 unspecified atom stereocenters. The number of rotatable bonds is 9. The molecule has 174 valence electrons. The lowest BCUT2D eigenvalue weighted by atomic mass is 10.2. The number of aryl methyl sites for hydroxylation is 1. The van der Waals surface area contributed by atoms with Crippen molar-refractivity contribution in [2.24, 2.45) is 0 Å². The highest BCUT2D eigenvalue weighted by Crippen LogP contribution is 2.24. The van der Waals surface area contributed by atoms with Crippen LogP contribution >= 0.6 is 0 Å². The SMILES string of the molecule is CN(C(CCn1ccc(=O)[nH]c1=O)C(=O)NO)S(=O)(=O)c1ccc(Oc2ccncc2)cc1. The zero-order valence-corrected chi connectivity index (χ0v) is 18.2. The average molecular weight is 475 g/mol. The molecule has 3 N–H and O–H groups in total. The number of carbonyl (C=O) groups excluding carboxylic acids is 1. The fraction of sp³-hybridized carbons (Fsp3) is 0.200. The molecule has 0 saturated heterocycles. The Bertz CT molecular complexity index is 1320. The van der Waals surface area contributed by atoms with Crippen LogP contribution in [0.15, 0.2) is 75.5 Å². The molecule has 0 aliphatic heterocycles. The van der Waals surface area contributed by atoms with Crippen LogP contribution in [0, 0.1) is 0 Å². The molecule has 1 atom stereocenters. The number of ether oxygens (including phenoxy) is 1. The second-order valence-electron chi connectivity index (χ2n) is 6.86. The second kappa shape index (κ2) is 10.2. The van der Waals surface area contributed by atoms with Gasteiger partial charge in [-0.05, 0) is 42.8 Å². The van der Waals surface area contributed by atoms with Crippen LogP contribution in [0.2, 0.25) is 0 Å². The van der Waals surface area contributed by atoms with Crippen molar-refractivity contribution < 1.29 is 23.2 Å². The van der Waals surface area contributed by atoms with Crippen molar-refractivity contribution >= 4 is 15.9 Å². The molecular weight excluding hydrogens is 454 g/mol. The van der Waals surface area contributed by atoms with Gasteiger partial charge in [-0.3, -0.25) is 24.8 Å². The van der Waals surface area contributed by atoms with Crippen LogP contribution in [0.25, 0.3) is 0 Å². The van der Waals surface area contributed by atoms with Crippen molar-refractivity contribution in [1.29, 1.82) is 0 Å². The Labute approximate surface area is 188 Å². The second-order valence-corrected chi connectivity index (χ2v) is 8.86. The molecule has 0 radical (unpaired) electrons. The molecule has 0 saturated carbocycles. The molecule has 0 aliphatic carbocycles. The van der Waals surface area contributed by atoms with E-state index in [0.717, 1.165) is 14.9 Å². The highest BCUT2D eigenvalue weighted by Gasteiger charge is 2.32. The van der Waals surface area contributed by atoms with Crippen LogP contribution in [0.1, 0.15) is 6.42 Å². The molecule has 1 aromatic carbocycles. The van der Waals surface area contributed by atoms with E-state index in [1.807, 2.05) is 0 Å². The third kappa shape index (κ3) is 5.71. The van der Waals surface area contributed by atoms with E-state index in [2.05, 4.69) is 9.97 Å². The molecular formula is C20H21N5O7S. The van der Waals surface area contributed by atoms with E-state index in [4.69, 9.17) is 9.94 Å². The van der Waals surface area contributed by atoms with Gasteiger partial charge in [0, 0.05) is 38.2 Å². The number of benzene rings is 1. The maximum Gasteiger partial charge on any atom is 0.328 e. The summed E-state index contributed by atoms with van der Waals surface area (Å²) in [5.74, 6) is -0.0593. The number of hydrogen-bond acceptors (Lipinski definition) is 8. The van der Waals surface area contributed by atoms with Crippen molar-refractivity contribution in [3.05, 3.63) is 81.9 Å². The van der Waals surface area contributed by atoms with Crippen LogP contribution in [-0.4, -0.2) is 51.5 Å². The summed E-state index contributed by atoms with van der Waals surface area (Å²) in [5, 5.41) is 9.10. The van der Waals surface area contributed by atoms with Crippen LogP contribution in [0.4, 0.5) is 0 Å². The van der Waals surface area contributed by atoms with E-state index in [1.165, 1.54) is 43.0 Å². The molecule has 13 heteroatoms. The minimum atomic E-state index is -4.15. The minimum Gasteiger partial charge on any atom is -0.457 e. The Kier molecular flexibility index (Phi) is 7.37. The van der Waals surface area contributed by atoms with Gasteiger partial charge >= 0.3 is 5.69 Å². The van der Waals surface area contributed by atoms with Gasteiger partial charge in [-0.2, -0.15) is 4.31 Å². The molecule has 1 amide bonds. The van der Waals surface area contributed by atoms with Crippen molar-refractivity contribution in [2.75, 3.05) is 7.05 Å². The number of sulfonamides is 1. The van der Waals surface area contributed by atoms with Crippen LogP contribution in [-0.2, 0) is 21.4 Å². The number of H-pyrrole nitrogens is 1. The van der Waals surface area contributed by atoms with E-state index in [9.17, 15) is 22.8 Å². The number of amides is 1. The lowest BCUT2D eigenvalue weighted by molar-refractivity contribution is -0.133. The molecule has 0 bridgehead atoms. The molecule has 3 aromatic rings. The van der Waals surface area contributed by atoms with Crippen molar-refractivity contribution in [2.45, 2.75) is 23.9 Å². The fourth-order valence-corrected chi connectivity index (χ4v) is 4.34. The zero-order valence-electron chi connectivity index (χ0n) is 17.4. The molecule has 2 heterocycles. The monoisotopic (exact) mass is 475 g/mol. The highest BCUT2D eigenvalue weighted by molar-refractivity contribution is 7.89. The first-order valence-electron chi connectivity index (χ1n) is 9.62. The van der Waals surface area contributed by atoms with Gasteiger partial charge in [0.15, 0.2) is 0 Å². The zero-order chi connectivity index (χ0) is 24.0. The lowest BCUT2D eigenvalue weighted by Crippen LogP contribution is -2.47. The van der Waals surface area contributed by atoms with Gasteiger partial charge in [-0.25, -0.2) is 18.7 Å². The number of pyridine rings is 1. The third-order valence-electron chi connectivity index (χ3n) is 4.78. The Hall–Kier alpha value is -3.81. The first kappa shape index (κ1) is 23.8. The molecule has 33 heavy (non-hydrogen) atoms. The van der Waals surface area contributed by atoms with Gasteiger partial charge in [-0.1, -0.05) is 0 Å². The van der Waals surface area contributed by atoms with E-state index in [1.54, 1.807) is 24.5 Å². The summed E-state index contributed by atoms with van der Waals surface area (Å²) < 4.78 is 33.7. The van der Waals surface area contributed by atoms with Gasteiger partial charge in [0.05, 0.1) is 4.90 Å². The number of nitrogens with one attached hydrogen (secondary N) is 2. The predicted molar refractivity (Wildman–Crippen MR) is 115 cm³/mol. The van der Waals surface area contributed by atoms with E-state index in [-0.39, 0.29) is 17.9 Å². The number of likely N-dealkylation sites (N-methyl/N-ethyl adjacent to an activating group) is 1. The van der Waals surface area contributed by atoms with Crippen molar-refractivity contribution in [3.8, 4) is 11.5 Å². The van der Waals surface area contributed by atoms with Crippen LogP contribution < -0.4 is 21.5 Å². The Morgan fingerprint density at radius 2 is 1.79 bits per heavy atom. The summed E-state index contributed by atoms with van der Waals surface area (Å²) in [5.41, 5.74) is 0.157. The summed E-state index contributed by atoms with van der Waals surface area (Å²) >= 11 is 0. The molecule has 2 aromatic heterocycles. The number of aromatic amines is 1. The van der Waals surface area contributed by atoms with E-state index >= 15 is 0 Å². The first-order chi connectivity index (χ1) is 15.7. The number of nitrogens with zero attached hydrogens (tertiary/aromatic N) is 3. The van der Waals surface area contributed by atoms with E-state index in [0.29, 0.717) is 11.5 Å². The number of hydrogen-bond donors (Lipinski definition) is 3. The number of aromatic nitrogens is 3. The molecule has 12 nitrogen and oxygen atoms in total. The molecule has 0 spiro atoms. The fourth-order valence-electron chi connectivity index (χ4n) is 2.99. The van der Waals surface area contributed by atoms with Crippen LogP contribution in [0.5, 0.6) is 11.5 Å². The first-order valence-corrected chi connectivity index (χ1v) is 11.1. The van der Waals surface area contributed by atoms with Crippen LogP contribution in [0.3, 0.4) is 0 Å². The van der Waals surface area contributed by atoms with Crippen molar-refractivity contribution in [1.82, 2.24) is 24.3 Å². The summed E-state index contributed by atoms with van der Waals surface area (Å²) in [6.45, 7) is -0.0910. The van der Waals surface area contributed by atoms with Gasteiger partial charge in [0.1, 0.15) is 17.5 Å². The average Bonchev–Trinajstić information content (AvgIpc) is 2.81. The summed E-state index contributed by atoms with van der Waals surface area (Å²) in [6.07, 6.45) is 4.18. The maximum absolute atomic E-state index is 13.1. The Morgan fingerprint density at radius 3 is 2.39 bits per heavy atom. The van der Waals surface area contributed by atoms with Gasteiger partial charge < -0.3 is 9.30 Å². The minimum absolute atomic E-state index is 0.0910. The Morgan fingerprint density at radius 1 is 1.15 bits per heavy atom. The number of hydroxylamine groups is 1. The van der Waals surface area contributed by atoms with Gasteiger partial charge in [0.25, 0.3) is 11.5 Å². The normalized spacial score (nSPS) is 12.3. The summed E-state index contributed by atoms with van der Waals surface area (Å²) in [7, 11) is -2.97. The van der Waals surface area contributed by atoms with Gasteiger partial charge in [0.2, 0.25) is 10.0 Å². The summed E-state index contributed by atoms with van der Waals surface area (Å²) in [6, 6.07) is 8.63. The van der Waals surface area contributed by atoms with Crippen molar-refractivity contribution in [3.63, 3.8) is 0 Å². The Balaban J connectivity index is 1.79. The quantitative estimate of drug-likeness (QED) is 0.294. The molecule has 0 aliphatic rings. The third-order valence-corrected chi connectivity index (χ3v) is 6.66. The highest BCUT2D eigenvalue weighted by atomic mass is 32.2. The maximum atomic E-state index is 13.1. The standard InChI is InChI=1S/C20H21N5O7S/c1-24(17(19(27)23-29)8-12-25-13-9-18(26)22-20(25)28)33(30,31)16-4-2-14(3-5-16)32-15-6-10-21-11-7-15/h2-7,9-11,13,17,29H,8,12H2,1H3,(H,23,27)(H,22,26,28). The lowest BCUT2D eigenvalue weighted by Gasteiger charge is -2.26. The number of carbonyl (C=O) groups is 1. The molecule has 0 fully saturated rings. The smallest absolute Gasteiger partial charge is 0.328 e. The van der Waals surface area contributed by atoms with E-state index < -0.39 is 33.2 Å². The summed E-state index contributed by atoms with van der Waals surface area (Å²) in [4.78, 5) is 41.1. The van der Waals surface area contributed by atoms with Gasteiger partial charge in [-0.15, -0.1) is 0 Å². The molecule has 3 rings (SSSR count). The topological polar surface area (TPSA) is 164 Å². The predicted octanol–water partition coefficient (Wildman–Crippen LogP) is 0.309. The largest absolute Gasteiger partial charge is 0.457 e.